The lowest BCUT2D eigenvalue weighted by Gasteiger charge is -2.18. The summed E-state index contributed by atoms with van der Waals surface area (Å²) in [6.07, 6.45) is 5.15. The van der Waals surface area contributed by atoms with E-state index in [-0.39, 0.29) is 5.91 Å². The SMILES string of the molecule is COc1cccc(NC(=O)/C=C/c2cn(-c3ccccc3)nc2-c2ccc3c(c2)OCCO3)c1. The van der Waals surface area contributed by atoms with E-state index in [1.54, 1.807) is 23.9 Å². The van der Waals surface area contributed by atoms with Crippen LogP contribution in [0.5, 0.6) is 17.2 Å². The van der Waals surface area contributed by atoms with Crippen LogP contribution in [0, 0.1) is 0 Å². The molecule has 0 fully saturated rings. The fourth-order valence-corrected chi connectivity index (χ4v) is 3.69. The van der Waals surface area contributed by atoms with Gasteiger partial charge in [0.15, 0.2) is 11.5 Å². The van der Waals surface area contributed by atoms with E-state index in [1.165, 1.54) is 6.08 Å². The summed E-state index contributed by atoms with van der Waals surface area (Å²) >= 11 is 0. The molecule has 7 nitrogen and oxygen atoms in total. The average molecular weight is 453 g/mol. The molecule has 5 rings (SSSR count). The first-order chi connectivity index (χ1) is 16.7. The van der Waals surface area contributed by atoms with Crippen LogP contribution in [0.15, 0.2) is 85.1 Å². The van der Waals surface area contributed by atoms with Crippen molar-refractivity contribution in [3.05, 3.63) is 90.6 Å². The fourth-order valence-electron chi connectivity index (χ4n) is 3.69. The molecule has 1 amide bonds. The topological polar surface area (TPSA) is 74.6 Å². The smallest absolute Gasteiger partial charge is 0.248 e. The molecule has 170 valence electrons. The quantitative estimate of drug-likeness (QED) is 0.417. The van der Waals surface area contributed by atoms with Crippen LogP contribution in [0.4, 0.5) is 5.69 Å². The van der Waals surface area contributed by atoms with Crippen molar-refractivity contribution in [2.24, 2.45) is 0 Å². The number of ether oxygens (including phenoxy) is 3. The number of amides is 1. The highest BCUT2D eigenvalue weighted by atomic mass is 16.6. The number of aromatic nitrogens is 2. The van der Waals surface area contributed by atoms with Gasteiger partial charge in [-0.2, -0.15) is 5.10 Å². The minimum Gasteiger partial charge on any atom is -0.497 e. The van der Waals surface area contributed by atoms with Crippen LogP contribution >= 0.6 is 0 Å². The van der Waals surface area contributed by atoms with Gasteiger partial charge in [0.25, 0.3) is 0 Å². The number of nitrogens with zero attached hydrogens (tertiary/aromatic N) is 2. The molecule has 1 aliphatic rings. The van der Waals surface area contributed by atoms with Gasteiger partial charge in [0.2, 0.25) is 5.91 Å². The highest BCUT2D eigenvalue weighted by Crippen LogP contribution is 2.35. The first-order valence-corrected chi connectivity index (χ1v) is 10.9. The lowest BCUT2D eigenvalue weighted by Crippen LogP contribution is -2.15. The van der Waals surface area contributed by atoms with Crippen LogP contribution < -0.4 is 19.5 Å². The molecule has 0 atom stereocenters. The molecule has 0 unspecified atom stereocenters. The number of anilines is 1. The Hall–Kier alpha value is -4.52. The molecule has 1 N–H and O–H groups in total. The van der Waals surface area contributed by atoms with Gasteiger partial charge in [-0.15, -0.1) is 0 Å². The molecule has 0 saturated carbocycles. The first-order valence-electron chi connectivity index (χ1n) is 10.9. The second-order valence-corrected chi connectivity index (χ2v) is 7.63. The van der Waals surface area contributed by atoms with Crippen molar-refractivity contribution in [1.29, 1.82) is 0 Å². The van der Waals surface area contributed by atoms with Crippen molar-refractivity contribution in [3.8, 4) is 34.2 Å². The summed E-state index contributed by atoms with van der Waals surface area (Å²) in [6.45, 7) is 1.04. The highest BCUT2D eigenvalue weighted by Gasteiger charge is 2.16. The van der Waals surface area contributed by atoms with Crippen LogP contribution in [0.1, 0.15) is 5.56 Å². The van der Waals surface area contributed by atoms with Crippen LogP contribution in [-0.2, 0) is 4.79 Å². The van der Waals surface area contributed by atoms with Crippen molar-refractivity contribution in [3.63, 3.8) is 0 Å². The number of benzene rings is 3. The number of nitrogens with one attached hydrogen (secondary N) is 1. The third kappa shape index (κ3) is 4.63. The summed E-state index contributed by atoms with van der Waals surface area (Å²) in [5.41, 5.74) is 3.96. The normalized spacial score (nSPS) is 12.5. The van der Waals surface area contributed by atoms with Gasteiger partial charge in [0, 0.05) is 35.2 Å². The predicted octanol–water partition coefficient (Wildman–Crippen LogP) is 4.97. The molecule has 7 heteroatoms. The van der Waals surface area contributed by atoms with Gasteiger partial charge < -0.3 is 19.5 Å². The molecule has 4 aromatic rings. The molecule has 1 aliphatic heterocycles. The zero-order valence-electron chi connectivity index (χ0n) is 18.6. The van der Waals surface area contributed by atoms with E-state index in [0.29, 0.717) is 36.1 Å². The number of methoxy groups -OCH3 is 1. The summed E-state index contributed by atoms with van der Waals surface area (Å²) in [6, 6.07) is 22.8. The number of carbonyl (C=O) groups is 1. The summed E-state index contributed by atoms with van der Waals surface area (Å²) < 4.78 is 18.4. The lowest BCUT2D eigenvalue weighted by molar-refractivity contribution is -0.111. The Bertz CT molecular complexity index is 1350. The van der Waals surface area contributed by atoms with E-state index >= 15 is 0 Å². The standard InChI is InChI=1S/C27H23N3O4/c1-32-23-9-5-6-21(17-23)28-26(31)13-11-20-18-30(22-7-3-2-4-8-22)29-27(20)19-10-12-24-25(16-19)34-15-14-33-24/h2-13,16-18H,14-15H2,1H3,(H,28,31)/b13-11+. The molecule has 3 aromatic carbocycles. The minimum absolute atomic E-state index is 0.256. The van der Waals surface area contributed by atoms with Crippen molar-refractivity contribution in [2.75, 3.05) is 25.6 Å². The lowest BCUT2D eigenvalue weighted by atomic mass is 10.1. The Kier molecular flexibility index (Phi) is 5.99. The Morgan fingerprint density at radius 2 is 1.82 bits per heavy atom. The van der Waals surface area contributed by atoms with Gasteiger partial charge in [0.05, 0.1) is 12.8 Å². The second-order valence-electron chi connectivity index (χ2n) is 7.63. The molecule has 0 aliphatic carbocycles. The van der Waals surface area contributed by atoms with Gasteiger partial charge in [-0.05, 0) is 48.5 Å². The number of para-hydroxylation sites is 1. The van der Waals surface area contributed by atoms with Gasteiger partial charge in [-0.3, -0.25) is 4.79 Å². The Morgan fingerprint density at radius 3 is 2.65 bits per heavy atom. The Labute approximate surface area is 197 Å². The minimum atomic E-state index is -0.256. The maximum atomic E-state index is 12.6. The number of hydrogen-bond acceptors (Lipinski definition) is 5. The monoisotopic (exact) mass is 453 g/mol. The van der Waals surface area contributed by atoms with Crippen LogP contribution in [0.2, 0.25) is 0 Å². The van der Waals surface area contributed by atoms with Crippen molar-refractivity contribution in [1.82, 2.24) is 9.78 Å². The van der Waals surface area contributed by atoms with Gasteiger partial charge in [0.1, 0.15) is 24.7 Å². The number of hydrogen-bond donors (Lipinski definition) is 1. The van der Waals surface area contributed by atoms with Crippen LogP contribution in [0.3, 0.4) is 0 Å². The average Bonchev–Trinajstić information content (AvgIpc) is 3.32. The van der Waals surface area contributed by atoms with E-state index < -0.39 is 0 Å². The van der Waals surface area contributed by atoms with E-state index in [2.05, 4.69) is 5.32 Å². The highest BCUT2D eigenvalue weighted by molar-refractivity contribution is 6.02. The number of carbonyl (C=O) groups excluding carboxylic acids is 1. The summed E-state index contributed by atoms with van der Waals surface area (Å²) in [7, 11) is 1.59. The first kappa shape index (κ1) is 21.3. The second kappa shape index (κ2) is 9.54. The maximum Gasteiger partial charge on any atom is 0.248 e. The van der Waals surface area contributed by atoms with Crippen LogP contribution in [-0.4, -0.2) is 36.0 Å². The van der Waals surface area contributed by atoms with Gasteiger partial charge >= 0.3 is 0 Å². The molecule has 0 spiro atoms. The molecular formula is C27H23N3O4. The summed E-state index contributed by atoms with van der Waals surface area (Å²) in [5.74, 6) is 1.82. The third-order valence-corrected chi connectivity index (χ3v) is 5.33. The molecular weight excluding hydrogens is 430 g/mol. The maximum absolute atomic E-state index is 12.6. The summed E-state index contributed by atoms with van der Waals surface area (Å²) in [5, 5.41) is 7.66. The van der Waals surface area contributed by atoms with E-state index in [0.717, 1.165) is 22.5 Å². The number of rotatable bonds is 6. The predicted molar refractivity (Wildman–Crippen MR) is 131 cm³/mol. The third-order valence-electron chi connectivity index (χ3n) is 5.33. The molecule has 1 aromatic heterocycles. The molecule has 34 heavy (non-hydrogen) atoms. The fraction of sp³-hybridized carbons (Fsp3) is 0.111. The van der Waals surface area contributed by atoms with Crippen molar-refractivity contribution < 1.29 is 19.0 Å². The number of fused-ring (bicyclic) bond motifs is 1. The van der Waals surface area contributed by atoms with Crippen molar-refractivity contribution in [2.45, 2.75) is 0 Å². The van der Waals surface area contributed by atoms with Gasteiger partial charge in [-0.1, -0.05) is 24.3 Å². The molecule has 2 heterocycles. The Balaban J connectivity index is 1.46. The largest absolute Gasteiger partial charge is 0.497 e. The molecule has 0 radical (unpaired) electrons. The molecule has 0 saturated heterocycles. The van der Waals surface area contributed by atoms with E-state index in [9.17, 15) is 4.79 Å². The zero-order chi connectivity index (χ0) is 23.3. The Morgan fingerprint density at radius 1 is 1.00 bits per heavy atom. The van der Waals surface area contributed by atoms with Crippen molar-refractivity contribution >= 4 is 17.7 Å². The van der Waals surface area contributed by atoms with E-state index in [1.807, 2.05) is 72.9 Å². The summed E-state index contributed by atoms with van der Waals surface area (Å²) in [4.78, 5) is 12.6. The zero-order valence-corrected chi connectivity index (χ0v) is 18.6. The van der Waals surface area contributed by atoms with E-state index in [4.69, 9.17) is 19.3 Å². The molecule has 0 bridgehead atoms. The van der Waals surface area contributed by atoms with Gasteiger partial charge in [-0.25, -0.2) is 4.68 Å². The van der Waals surface area contributed by atoms with Crippen LogP contribution in [0.25, 0.3) is 23.0 Å².